The van der Waals surface area contributed by atoms with Crippen molar-refractivity contribution in [1.82, 2.24) is 10.2 Å². The van der Waals surface area contributed by atoms with Gasteiger partial charge in [-0.2, -0.15) is 0 Å². The van der Waals surface area contributed by atoms with Crippen LogP contribution in [0.1, 0.15) is 54.2 Å². The molecule has 5 fully saturated rings. The fourth-order valence-electron chi connectivity index (χ4n) is 5.94. The van der Waals surface area contributed by atoms with Crippen molar-refractivity contribution < 1.29 is 14.3 Å². The van der Waals surface area contributed by atoms with Crippen LogP contribution in [0.5, 0.6) is 0 Å². The molecule has 27 heavy (non-hydrogen) atoms. The number of aryl methyl sites for hydroxylation is 1. The number of benzene rings is 1. The lowest BCUT2D eigenvalue weighted by Crippen LogP contribution is -2.58. The maximum Gasteiger partial charge on any atom is 0.407 e. The van der Waals surface area contributed by atoms with Crippen LogP contribution in [0.25, 0.3) is 0 Å². The van der Waals surface area contributed by atoms with Crippen LogP contribution in [0.2, 0.25) is 0 Å². The molecule has 2 aliphatic heterocycles. The number of hydrogen-bond acceptors (Lipinski definition) is 3. The number of carbonyl (C=O) groups is 2. The lowest BCUT2D eigenvalue weighted by Gasteiger charge is -2.43. The van der Waals surface area contributed by atoms with Gasteiger partial charge < -0.3 is 15.0 Å². The second-order valence-electron chi connectivity index (χ2n) is 9.57. The molecule has 142 valence electrons. The van der Waals surface area contributed by atoms with Gasteiger partial charge in [0.15, 0.2) is 0 Å². The minimum atomic E-state index is -0.339. The van der Waals surface area contributed by atoms with Gasteiger partial charge in [0.2, 0.25) is 5.91 Å². The lowest BCUT2D eigenvalue weighted by molar-refractivity contribution is -0.140. The second kappa shape index (κ2) is 5.27. The zero-order valence-corrected chi connectivity index (χ0v) is 15.7. The van der Waals surface area contributed by atoms with Crippen molar-refractivity contribution in [2.75, 3.05) is 19.7 Å². The minimum absolute atomic E-state index is 0.0579. The van der Waals surface area contributed by atoms with Crippen LogP contribution >= 0.6 is 0 Å². The first kappa shape index (κ1) is 16.0. The SMILES string of the molecule is Cc1cc(C2CC2)ccc1[C@H]1[C@@H]2CN(C(=O)[C@H]3C[C@]4(COC(=O)N4)C3)C[C@@H]21. The van der Waals surface area contributed by atoms with E-state index < -0.39 is 0 Å². The van der Waals surface area contributed by atoms with Gasteiger partial charge in [0.1, 0.15) is 6.61 Å². The molecule has 1 aromatic carbocycles. The third-order valence-electron chi connectivity index (χ3n) is 7.68. The first-order valence-electron chi connectivity index (χ1n) is 10.4. The molecular weight excluding hydrogens is 340 g/mol. The molecule has 6 rings (SSSR count). The highest BCUT2D eigenvalue weighted by atomic mass is 16.6. The third kappa shape index (κ3) is 2.43. The van der Waals surface area contributed by atoms with E-state index in [1.54, 1.807) is 0 Å². The highest BCUT2D eigenvalue weighted by molar-refractivity contribution is 5.82. The Morgan fingerprint density at radius 3 is 2.56 bits per heavy atom. The highest BCUT2D eigenvalue weighted by Crippen LogP contribution is 2.59. The molecule has 5 aliphatic rings. The molecule has 0 bridgehead atoms. The molecule has 3 aliphatic carbocycles. The van der Waals surface area contributed by atoms with Gasteiger partial charge in [-0.1, -0.05) is 18.2 Å². The maximum absolute atomic E-state index is 12.8. The number of nitrogens with zero attached hydrogens (tertiary/aromatic N) is 1. The number of fused-ring (bicyclic) bond motifs is 1. The third-order valence-corrected chi connectivity index (χ3v) is 7.68. The van der Waals surface area contributed by atoms with E-state index in [2.05, 4.69) is 35.3 Å². The van der Waals surface area contributed by atoms with Gasteiger partial charge in [0.05, 0.1) is 5.54 Å². The number of carbonyl (C=O) groups excluding carboxylic acids is 2. The van der Waals surface area contributed by atoms with Gasteiger partial charge in [0, 0.05) is 19.0 Å². The Balaban J connectivity index is 1.07. The molecule has 1 N–H and O–H groups in total. The second-order valence-corrected chi connectivity index (χ2v) is 9.57. The minimum Gasteiger partial charge on any atom is -0.447 e. The number of hydrogen-bond donors (Lipinski definition) is 1. The Bertz CT molecular complexity index is 828. The quantitative estimate of drug-likeness (QED) is 0.895. The van der Waals surface area contributed by atoms with Crippen molar-refractivity contribution in [2.24, 2.45) is 17.8 Å². The fourth-order valence-corrected chi connectivity index (χ4v) is 5.94. The monoisotopic (exact) mass is 366 g/mol. The molecule has 0 radical (unpaired) electrons. The Morgan fingerprint density at radius 1 is 1.22 bits per heavy atom. The number of ether oxygens (including phenoxy) is 1. The van der Waals surface area contributed by atoms with E-state index in [-0.39, 0.29) is 23.5 Å². The van der Waals surface area contributed by atoms with Crippen LogP contribution in [-0.4, -0.2) is 42.1 Å². The predicted octanol–water partition coefficient (Wildman–Crippen LogP) is 2.93. The summed E-state index contributed by atoms with van der Waals surface area (Å²) in [6, 6.07) is 7.09. The van der Waals surface area contributed by atoms with Crippen LogP contribution in [-0.2, 0) is 9.53 Å². The van der Waals surface area contributed by atoms with Crippen LogP contribution in [0.15, 0.2) is 18.2 Å². The summed E-state index contributed by atoms with van der Waals surface area (Å²) in [6.07, 6.45) is 3.82. The summed E-state index contributed by atoms with van der Waals surface area (Å²) in [5.74, 6) is 3.09. The fraction of sp³-hybridized carbons (Fsp3) is 0.636. The summed E-state index contributed by atoms with van der Waals surface area (Å²) in [4.78, 5) is 26.2. The topological polar surface area (TPSA) is 58.6 Å². The van der Waals surface area contributed by atoms with Crippen molar-refractivity contribution in [2.45, 2.75) is 50.0 Å². The summed E-state index contributed by atoms with van der Waals surface area (Å²) in [6.45, 7) is 4.48. The van der Waals surface area contributed by atoms with Crippen molar-refractivity contribution in [1.29, 1.82) is 0 Å². The molecule has 5 heteroatoms. The molecule has 3 atom stereocenters. The molecule has 0 unspecified atom stereocenters. The van der Waals surface area contributed by atoms with Crippen LogP contribution < -0.4 is 5.32 Å². The molecule has 2 heterocycles. The van der Waals surface area contributed by atoms with E-state index >= 15 is 0 Å². The summed E-state index contributed by atoms with van der Waals surface area (Å²) < 4.78 is 5.01. The van der Waals surface area contributed by atoms with E-state index in [0.717, 1.165) is 31.8 Å². The number of nitrogens with one attached hydrogen (secondary N) is 1. The first-order chi connectivity index (χ1) is 13.0. The summed E-state index contributed by atoms with van der Waals surface area (Å²) >= 11 is 0. The largest absolute Gasteiger partial charge is 0.447 e. The van der Waals surface area contributed by atoms with Crippen molar-refractivity contribution in [3.8, 4) is 0 Å². The first-order valence-corrected chi connectivity index (χ1v) is 10.4. The number of amides is 2. The number of likely N-dealkylation sites (tertiary alicyclic amines) is 1. The van der Waals surface area contributed by atoms with E-state index in [4.69, 9.17) is 4.74 Å². The molecule has 2 saturated heterocycles. The van der Waals surface area contributed by atoms with Crippen LogP contribution in [0.4, 0.5) is 4.79 Å². The number of cyclic esters (lactones) is 1. The molecular formula is C22H26N2O3. The van der Waals surface area contributed by atoms with Gasteiger partial charge in [-0.3, -0.25) is 4.79 Å². The van der Waals surface area contributed by atoms with Crippen LogP contribution in [0.3, 0.4) is 0 Å². The Hall–Kier alpha value is -2.04. The number of alkyl carbamates (subject to hydrolysis) is 1. The smallest absolute Gasteiger partial charge is 0.407 e. The average Bonchev–Trinajstić information content (AvgIpc) is 3.50. The van der Waals surface area contributed by atoms with Gasteiger partial charge in [-0.15, -0.1) is 0 Å². The highest BCUT2D eigenvalue weighted by Gasteiger charge is 2.60. The lowest BCUT2D eigenvalue weighted by atomic mass is 9.68. The standard InChI is InChI=1S/C22H26N2O3/c1-12-6-14(13-2-3-13)4-5-16(12)19-17-9-24(10-18(17)19)20(25)15-7-22(8-15)11-27-21(26)23-22/h4-6,13,15,17-19H,2-3,7-11H2,1H3,(H,23,26)/t15-,17-,18+,19+,22+. The summed E-state index contributed by atoms with van der Waals surface area (Å²) in [7, 11) is 0. The van der Waals surface area contributed by atoms with E-state index in [0.29, 0.717) is 24.4 Å². The summed E-state index contributed by atoms with van der Waals surface area (Å²) in [5.41, 5.74) is 4.20. The van der Waals surface area contributed by atoms with Crippen molar-refractivity contribution in [3.63, 3.8) is 0 Å². The number of rotatable bonds is 3. The Morgan fingerprint density at radius 2 is 1.96 bits per heavy atom. The molecule has 5 nitrogen and oxygen atoms in total. The van der Waals surface area contributed by atoms with Crippen molar-refractivity contribution >= 4 is 12.0 Å². The van der Waals surface area contributed by atoms with Gasteiger partial charge in [-0.25, -0.2) is 4.79 Å². The summed E-state index contributed by atoms with van der Waals surface area (Å²) in [5, 5.41) is 2.88. The molecule has 2 amide bonds. The van der Waals surface area contributed by atoms with E-state index in [1.165, 1.54) is 29.5 Å². The maximum atomic E-state index is 12.8. The Kier molecular flexibility index (Phi) is 3.12. The predicted molar refractivity (Wildman–Crippen MR) is 99.4 cm³/mol. The number of piperidine rings is 1. The zero-order valence-electron chi connectivity index (χ0n) is 15.7. The van der Waals surface area contributed by atoms with E-state index in [9.17, 15) is 9.59 Å². The molecule has 1 spiro atoms. The molecule has 0 aromatic heterocycles. The van der Waals surface area contributed by atoms with Gasteiger partial charge >= 0.3 is 6.09 Å². The average molecular weight is 366 g/mol. The molecule has 1 aromatic rings. The van der Waals surface area contributed by atoms with Crippen LogP contribution in [0, 0.1) is 24.7 Å². The normalized spacial score (nSPS) is 39.0. The van der Waals surface area contributed by atoms with E-state index in [1.807, 2.05) is 0 Å². The molecule has 3 saturated carbocycles. The van der Waals surface area contributed by atoms with Gasteiger partial charge in [0.25, 0.3) is 0 Å². The Labute approximate surface area is 159 Å². The zero-order chi connectivity index (χ0) is 18.3. The van der Waals surface area contributed by atoms with Crippen molar-refractivity contribution in [3.05, 3.63) is 34.9 Å². The van der Waals surface area contributed by atoms with Gasteiger partial charge in [-0.05, 0) is 73.0 Å².